The fourth-order valence-electron chi connectivity index (χ4n) is 3.55. The van der Waals surface area contributed by atoms with Crippen LogP contribution in [0.1, 0.15) is 44.0 Å². The van der Waals surface area contributed by atoms with E-state index in [1.165, 1.54) is 0 Å². The van der Waals surface area contributed by atoms with Crippen LogP contribution in [0.3, 0.4) is 0 Å². The standard InChI is InChI=1S/C22H29BrN4O3/c1-22(2,3)30-21(29)25(4)13-16-6-5-11-26(14-16)20(28)17-12-24-27(15-17)19-9-7-18(23)8-10-19/h7-10,12,15-16H,5-6,11,13-14H2,1-4H3. The summed E-state index contributed by atoms with van der Waals surface area (Å²) in [5.41, 5.74) is 0.946. The minimum atomic E-state index is -0.519. The fraction of sp³-hybridized carbons (Fsp3) is 0.500. The number of hydrogen-bond acceptors (Lipinski definition) is 4. The van der Waals surface area contributed by atoms with Crippen LogP contribution >= 0.6 is 15.9 Å². The molecule has 1 atom stereocenters. The van der Waals surface area contributed by atoms with E-state index in [0.717, 1.165) is 29.5 Å². The number of hydrogen-bond donors (Lipinski definition) is 0. The van der Waals surface area contributed by atoms with Crippen LogP contribution in [0, 0.1) is 5.92 Å². The number of rotatable bonds is 4. The van der Waals surface area contributed by atoms with Crippen molar-refractivity contribution >= 4 is 27.9 Å². The van der Waals surface area contributed by atoms with E-state index in [0.29, 0.717) is 18.7 Å². The largest absolute Gasteiger partial charge is 0.444 e. The Balaban J connectivity index is 1.60. The zero-order valence-electron chi connectivity index (χ0n) is 18.0. The number of ether oxygens (including phenoxy) is 1. The molecule has 1 aliphatic heterocycles. The van der Waals surface area contributed by atoms with Crippen molar-refractivity contribution in [1.82, 2.24) is 19.6 Å². The Morgan fingerprint density at radius 1 is 1.27 bits per heavy atom. The van der Waals surface area contributed by atoms with Crippen LogP contribution in [0.2, 0.25) is 0 Å². The highest BCUT2D eigenvalue weighted by Crippen LogP contribution is 2.21. The second kappa shape index (κ2) is 9.20. The Labute approximate surface area is 186 Å². The lowest BCUT2D eigenvalue weighted by Gasteiger charge is -2.35. The maximum atomic E-state index is 13.0. The molecule has 2 amide bonds. The van der Waals surface area contributed by atoms with Gasteiger partial charge in [0.2, 0.25) is 0 Å². The minimum absolute atomic E-state index is 0.0250. The predicted octanol–water partition coefficient (Wildman–Crippen LogP) is 4.35. The van der Waals surface area contributed by atoms with Gasteiger partial charge in [-0.3, -0.25) is 4.79 Å². The van der Waals surface area contributed by atoms with Crippen molar-refractivity contribution in [2.45, 2.75) is 39.2 Å². The van der Waals surface area contributed by atoms with Crippen LogP contribution in [0.4, 0.5) is 4.79 Å². The molecule has 8 heteroatoms. The molecule has 30 heavy (non-hydrogen) atoms. The number of benzene rings is 1. The molecule has 1 saturated heterocycles. The maximum Gasteiger partial charge on any atom is 0.410 e. The predicted molar refractivity (Wildman–Crippen MR) is 119 cm³/mol. The van der Waals surface area contributed by atoms with E-state index >= 15 is 0 Å². The van der Waals surface area contributed by atoms with Gasteiger partial charge in [-0.05, 0) is 63.8 Å². The van der Waals surface area contributed by atoms with Gasteiger partial charge in [0, 0.05) is 37.4 Å². The molecule has 2 aromatic rings. The molecule has 0 spiro atoms. The summed E-state index contributed by atoms with van der Waals surface area (Å²) < 4.78 is 8.13. The van der Waals surface area contributed by atoms with Crippen LogP contribution in [0.5, 0.6) is 0 Å². The average molecular weight is 477 g/mol. The second-order valence-electron chi connectivity index (χ2n) is 8.77. The Hall–Kier alpha value is -2.35. The van der Waals surface area contributed by atoms with Gasteiger partial charge in [0.15, 0.2) is 0 Å². The lowest BCUT2D eigenvalue weighted by molar-refractivity contribution is 0.0244. The average Bonchev–Trinajstić information content (AvgIpc) is 3.17. The molecule has 7 nitrogen and oxygen atoms in total. The highest BCUT2D eigenvalue weighted by atomic mass is 79.9. The molecule has 2 heterocycles. The van der Waals surface area contributed by atoms with Crippen molar-refractivity contribution in [2.75, 3.05) is 26.7 Å². The van der Waals surface area contributed by atoms with Gasteiger partial charge in [0.25, 0.3) is 5.91 Å². The molecule has 1 fully saturated rings. The monoisotopic (exact) mass is 476 g/mol. The molecule has 1 unspecified atom stereocenters. The molecule has 1 aliphatic rings. The van der Waals surface area contributed by atoms with E-state index in [4.69, 9.17) is 4.74 Å². The topological polar surface area (TPSA) is 67.7 Å². The molecule has 3 rings (SSSR count). The van der Waals surface area contributed by atoms with Gasteiger partial charge in [0.05, 0.1) is 17.4 Å². The number of nitrogens with zero attached hydrogens (tertiary/aromatic N) is 4. The molecule has 0 N–H and O–H groups in total. The Morgan fingerprint density at radius 3 is 2.63 bits per heavy atom. The van der Waals surface area contributed by atoms with E-state index in [1.54, 1.807) is 29.0 Å². The van der Waals surface area contributed by atoms with Gasteiger partial charge in [0.1, 0.15) is 5.60 Å². The summed E-state index contributed by atoms with van der Waals surface area (Å²) in [6.07, 6.45) is 4.94. The molecular weight excluding hydrogens is 448 g/mol. The molecule has 0 bridgehead atoms. The third kappa shape index (κ3) is 5.84. The van der Waals surface area contributed by atoms with Gasteiger partial charge in [-0.1, -0.05) is 15.9 Å². The lowest BCUT2D eigenvalue weighted by Crippen LogP contribution is -2.45. The van der Waals surface area contributed by atoms with Crippen molar-refractivity contribution in [3.63, 3.8) is 0 Å². The number of likely N-dealkylation sites (tertiary alicyclic amines) is 1. The van der Waals surface area contributed by atoms with Crippen LogP contribution in [-0.4, -0.2) is 63.9 Å². The van der Waals surface area contributed by atoms with E-state index in [9.17, 15) is 9.59 Å². The van der Waals surface area contributed by atoms with E-state index < -0.39 is 5.60 Å². The van der Waals surface area contributed by atoms with E-state index in [-0.39, 0.29) is 17.9 Å². The molecule has 162 valence electrons. The third-order valence-electron chi connectivity index (χ3n) is 4.96. The first kappa shape index (κ1) is 22.3. The third-order valence-corrected chi connectivity index (χ3v) is 5.49. The Bertz CT molecular complexity index is 889. The van der Waals surface area contributed by atoms with Crippen LogP contribution in [-0.2, 0) is 4.74 Å². The van der Waals surface area contributed by atoms with Crippen LogP contribution in [0.15, 0.2) is 41.1 Å². The van der Waals surface area contributed by atoms with Crippen molar-refractivity contribution in [3.8, 4) is 5.69 Å². The molecule has 1 aromatic heterocycles. The zero-order chi connectivity index (χ0) is 21.9. The van der Waals surface area contributed by atoms with Gasteiger partial charge in [-0.2, -0.15) is 5.10 Å². The smallest absolute Gasteiger partial charge is 0.410 e. The number of halogens is 1. The van der Waals surface area contributed by atoms with Crippen LogP contribution < -0.4 is 0 Å². The van der Waals surface area contributed by atoms with Crippen molar-refractivity contribution in [2.24, 2.45) is 5.92 Å². The van der Waals surface area contributed by atoms with Crippen molar-refractivity contribution in [3.05, 3.63) is 46.7 Å². The summed E-state index contributed by atoms with van der Waals surface area (Å²) in [4.78, 5) is 28.7. The molecule has 0 saturated carbocycles. The highest BCUT2D eigenvalue weighted by molar-refractivity contribution is 9.10. The molecule has 0 radical (unpaired) electrons. The molecular formula is C22H29BrN4O3. The molecule has 0 aliphatic carbocycles. The lowest BCUT2D eigenvalue weighted by atomic mass is 9.97. The highest BCUT2D eigenvalue weighted by Gasteiger charge is 2.28. The first-order chi connectivity index (χ1) is 14.1. The van der Waals surface area contributed by atoms with Crippen molar-refractivity contribution < 1.29 is 14.3 Å². The number of carbonyl (C=O) groups excluding carboxylic acids is 2. The minimum Gasteiger partial charge on any atom is -0.444 e. The summed E-state index contributed by atoms with van der Waals surface area (Å²) in [7, 11) is 1.75. The summed E-state index contributed by atoms with van der Waals surface area (Å²) in [5.74, 6) is 0.199. The van der Waals surface area contributed by atoms with E-state index in [2.05, 4.69) is 21.0 Å². The summed E-state index contributed by atoms with van der Waals surface area (Å²) in [6, 6.07) is 7.76. The van der Waals surface area contributed by atoms with Gasteiger partial charge >= 0.3 is 6.09 Å². The second-order valence-corrected chi connectivity index (χ2v) is 9.69. The van der Waals surface area contributed by atoms with Gasteiger partial charge in [-0.15, -0.1) is 0 Å². The molecule has 1 aromatic carbocycles. The zero-order valence-corrected chi connectivity index (χ0v) is 19.6. The van der Waals surface area contributed by atoms with E-state index in [1.807, 2.05) is 49.9 Å². The van der Waals surface area contributed by atoms with Gasteiger partial charge in [-0.25, -0.2) is 9.48 Å². The summed E-state index contributed by atoms with van der Waals surface area (Å²) >= 11 is 3.42. The normalized spacial score (nSPS) is 17.0. The van der Waals surface area contributed by atoms with Crippen molar-refractivity contribution in [1.29, 1.82) is 0 Å². The summed E-state index contributed by atoms with van der Waals surface area (Å²) in [5, 5.41) is 4.34. The van der Waals surface area contributed by atoms with Gasteiger partial charge < -0.3 is 14.5 Å². The Morgan fingerprint density at radius 2 is 1.97 bits per heavy atom. The number of carbonyl (C=O) groups is 2. The number of aromatic nitrogens is 2. The Kier molecular flexibility index (Phi) is 6.85. The maximum absolute atomic E-state index is 13.0. The fourth-order valence-corrected chi connectivity index (χ4v) is 3.82. The SMILES string of the molecule is CN(CC1CCCN(C(=O)c2cnn(-c3ccc(Br)cc3)c2)C1)C(=O)OC(C)(C)C. The number of amides is 2. The number of piperidine rings is 1. The first-order valence-electron chi connectivity index (χ1n) is 10.2. The van der Waals surface area contributed by atoms with Crippen LogP contribution in [0.25, 0.3) is 5.69 Å². The quantitative estimate of drug-likeness (QED) is 0.657. The first-order valence-corrected chi connectivity index (χ1v) is 11.0. The summed E-state index contributed by atoms with van der Waals surface area (Å²) in [6.45, 7) is 7.47.